The van der Waals surface area contributed by atoms with Crippen LogP contribution in [0.1, 0.15) is 6.42 Å². The number of rotatable bonds is 6. The number of hydrogen-bond acceptors (Lipinski definition) is 9. The smallest absolute Gasteiger partial charge is 0.333 e. The van der Waals surface area contributed by atoms with Gasteiger partial charge in [0.2, 0.25) is 0 Å². The van der Waals surface area contributed by atoms with Crippen LogP contribution in [0.2, 0.25) is 0 Å². The molecule has 1 aliphatic rings. The molecule has 0 spiro atoms. The first-order valence-electron chi connectivity index (χ1n) is 8.88. The Bertz CT molecular complexity index is 1110. The van der Waals surface area contributed by atoms with Gasteiger partial charge in [0, 0.05) is 24.4 Å². The molecule has 0 aliphatic heterocycles. The van der Waals surface area contributed by atoms with Crippen LogP contribution < -0.4 is 10.5 Å². The summed E-state index contributed by atoms with van der Waals surface area (Å²) in [6, 6.07) is 8.44. The molecule has 1 fully saturated rings. The van der Waals surface area contributed by atoms with Gasteiger partial charge in [0.15, 0.2) is 5.65 Å². The number of aliphatic hydroxyl groups excluding tert-OH is 2. The monoisotopic (exact) mass is 420 g/mol. The van der Waals surface area contributed by atoms with Crippen molar-refractivity contribution in [2.75, 3.05) is 11.9 Å². The van der Waals surface area contributed by atoms with Crippen LogP contribution in [-0.4, -0.2) is 63.1 Å². The van der Waals surface area contributed by atoms with E-state index in [-0.39, 0.29) is 13.0 Å². The summed E-state index contributed by atoms with van der Waals surface area (Å²) >= 11 is 0. The van der Waals surface area contributed by atoms with Crippen LogP contribution in [0.5, 0.6) is 0 Å². The third-order valence-corrected chi connectivity index (χ3v) is 5.33. The fraction of sp³-hybridized carbons (Fsp3) is 0.353. The van der Waals surface area contributed by atoms with Crippen LogP contribution in [0, 0.1) is 5.92 Å². The van der Waals surface area contributed by atoms with Gasteiger partial charge < -0.3 is 15.5 Å². The van der Waals surface area contributed by atoms with Crippen LogP contribution in [0.4, 0.5) is 5.82 Å². The molecule has 5 N–H and O–H groups in total. The van der Waals surface area contributed by atoms with E-state index >= 15 is 0 Å². The molecular formula is C17H20N6O5S. The van der Waals surface area contributed by atoms with Crippen LogP contribution >= 0.6 is 0 Å². The molecule has 0 amide bonds. The second kappa shape index (κ2) is 7.65. The second-order valence-corrected chi connectivity index (χ2v) is 8.07. The van der Waals surface area contributed by atoms with E-state index in [0.717, 1.165) is 0 Å². The second-order valence-electron chi connectivity index (χ2n) is 6.85. The van der Waals surface area contributed by atoms with E-state index in [1.165, 1.54) is 0 Å². The molecule has 0 saturated heterocycles. The largest absolute Gasteiger partial charge is 0.390 e. The summed E-state index contributed by atoms with van der Waals surface area (Å²) in [6.07, 6.45) is 1.26. The minimum Gasteiger partial charge on any atom is -0.390 e. The lowest BCUT2D eigenvalue weighted by Gasteiger charge is -2.19. The van der Waals surface area contributed by atoms with Gasteiger partial charge in [0.05, 0.1) is 24.4 Å². The lowest BCUT2D eigenvalue weighted by molar-refractivity contribution is 0.00777. The molecule has 4 atom stereocenters. The van der Waals surface area contributed by atoms with Crippen molar-refractivity contribution in [3.8, 4) is 11.4 Å². The summed E-state index contributed by atoms with van der Waals surface area (Å²) in [4.78, 5) is 8.57. The van der Waals surface area contributed by atoms with Crippen LogP contribution in [0.25, 0.3) is 17.0 Å². The van der Waals surface area contributed by atoms with Gasteiger partial charge in [0.1, 0.15) is 17.6 Å². The Kier molecular flexibility index (Phi) is 5.19. The number of anilines is 1. The Morgan fingerprint density at radius 3 is 2.72 bits per heavy atom. The lowest BCUT2D eigenvalue weighted by atomic mass is 10.1. The molecule has 1 aliphatic carbocycles. The maximum absolute atomic E-state index is 11.0. The molecule has 0 bridgehead atoms. The normalized spacial score (nSPS) is 24.8. The molecule has 29 heavy (non-hydrogen) atoms. The predicted molar refractivity (Wildman–Crippen MR) is 103 cm³/mol. The number of fused-ring (bicyclic) bond motifs is 1. The fourth-order valence-corrected chi connectivity index (χ4v) is 3.81. The molecule has 12 heteroatoms. The van der Waals surface area contributed by atoms with Crippen molar-refractivity contribution >= 4 is 21.8 Å². The number of nitrogens with one attached hydrogen (secondary N) is 1. The quantitative estimate of drug-likeness (QED) is 0.412. The summed E-state index contributed by atoms with van der Waals surface area (Å²) in [6.45, 7) is -0.313. The van der Waals surface area contributed by atoms with E-state index in [1.807, 2.05) is 18.2 Å². The Morgan fingerprint density at radius 1 is 1.17 bits per heavy atom. The molecule has 4 rings (SSSR count). The molecule has 3 aromatic heterocycles. The highest BCUT2D eigenvalue weighted by atomic mass is 32.2. The molecule has 154 valence electrons. The van der Waals surface area contributed by atoms with Gasteiger partial charge >= 0.3 is 10.3 Å². The maximum Gasteiger partial charge on any atom is 0.333 e. The topological polar surface area (TPSA) is 165 Å². The number of aliphatic hydroxyl groups is 2. The van der Waals surface area contributed by atoms with Crippen molar-refractivity contribution in [2.45, 2.75) is 24.7 Å². The van der Waals surface area contributed by atoms with Gasteiger partial charge in [-0.1, -0.05) is 6.07 Å². The Morgan fingerprint density at radius 2 is 2.00 bits per heavy atom. The number of hydrogen-bond donors (Lipinski definition) is 4. The van der Waals surface area contributed by atoms with Gasteiger partial charge in [-0.15, -0.1) is 0 Å². The zero-order chi connectivity index (χ0) is 20.6. The number of nitrogens with zero attached hydrogens (tertiary/aromatic N) is 4. The summed E-state index contributed by atoms with van der Waals surface area (Å²) in [7, 11) is -4.12. The van der Waals surface area contributed by atoms with Gasteiger partial charge in [-0.05, 0) is 24.6 Å². The highest BCUT2D eigenvalue weighted by Crippen LogP contribution is 2.30. The molecule has 0 aromatic carbocycles. The molecule has 1 saturated carbocycles. The fourth-order valence-electron chi connectivity index (χ4n) is 3.45. The Balaban J connectivity index is 1.55. The van der Waals surface area contributed by atoms with E-state index in [0.29, 0.717) is 22.9 Å². The van der Waals surface area contributed by atoms with Crippen molar-refractivity contribution in [3.63, 3.8) is 0 Å². The zero-order valence-corrected chi connectivity index (χ0v) is 16.0. The molecule has 3 aromatic rings. The summed E-state index contributed by atoms with van der Waals surface area (Å²) in [5, 5.41) is 33.1. The highest BCUT2D eigenvalue weighted by molar-refractivity contribution is 7.84. The zero-order valence-electron chi connectivity index (χ0n) is 15.2. The van der Waals surface area contributed by atoms with Gasteiger partial charge in [-0.2, -0.15) is 18.0 Å². The average Bonchev–Trinajstić information content (AvgIpc) is 3.24. The first-order chi connectivity index (χ1) is 13.8. The molecular weight excluding hydrogens is 400 g/mol. The average molecular weight is 420 g/mol. The highest BCUT2D eigenvalue weighted by Gasteiger charge is 2.42. The standard InChI is InChI=1S/C17H20N6O5S/c18-29(26,27)28-9-10-7-13(17(25)16(10)24)21-14-4-6-20-15-8-12(22-23(14)15)11-3-1-2-5-19-11/h1-6,8,10,13,16-17,21,24-25H,7,9H2,(H2,18,26,27). The third kappa shape index (κ3) is 4.21. The molecule has 0 radical (unpaired) electrons. The molecule has 11 nitrogen and oxygen atoms in total. The SMILES string of the molecule is NS(=O)(=O)OCC1CC(Nc2ccnc3cc(-c4ccccn4)nn23)C(O)C1O. The number of nitrogens with two attached hydrogens (primary N) is 1. The number of aromatic nitrogens is 4. The lowest BCUT2D eigenvalue weighted by Crippen LogP contribution is -2.36. The Hall–Kier alpha value is -2.64. The predicted octanol–water partition coefficient (Wildman–Crippen LogP) is -0.466. The minimum absolute atomic E-state index is 0.274. The van der Waals surface area contributed by atoms with Crippen LogP contribution in [-0.2, 0) is 14.5 Å². The van der Waals surface area contributed by atoms with Crippen molar-refractivity contribution in [1.29, 1.82) is 0 Å². The van der Waals surface area contributed by atoms with E-state index in [2.05, 4.69) is 24.6 Å². The van der Waals surface area contributed by atoms with Gasteiger partial charge in [-0.25, -0.2) is 10.1 Å². The third-order valence-electron chi connectivity index (χ3n) is 4.87. The summed E-state index contributed by atoms with van der Waals surface area (Å²) in [5.74, 6) is -0.0405. The summed E-state index contributed by atoms with van der Waals surface area (Å²) in [5.41, 5.74) is 1.91. The first-order valence-corrected chi connectivity index (χ1v) is 10.3. The van der Waals surface area contributed by atoms with E-state index in [9.17, 15) is 18.6 Å². The molecule has 4 unspecified atom stereocenters. The number of pyridine rings is 1. The van der Waals surface area contributed by atoms with Gasteiger partial charge in [0.25, 0.3) is 0 Å². The van der Waals surface area contributed by atoms with Crippen molar-refractivity contribution in [2.24, 2.45) is 11.1 Å². The van der Waals surface area contributed by atoms with Crippen LogP contribution in [0.15, 0.2) is 42.7 Å². The van der Waals surface area contributed by atoms with Gasteiger partial charge in [-0.3, -0.25) is 9.17 Å². The van der Waals surface area contributed by atoms with E-state index in [4.69, 9.17) is 5.14 Å². The van der Waals surface area contributed by atoms with Crippen molar-refractivity contribution in [3.05, 3.63) is 42.7 Å². The van der Waals surface area contributed by atoms with E-state index < -0.39 is 34.5 Å². The van der Waals surface area contributed by atoms with Crippen molar-refractivity contribution in [1.82, 2.24) is 19.6 Å². The Labute approximate surface area is 166 Å². The van der Waals surface area contributed by atoms with Crippen molar-refractivity contribution < 1.29 is 22.8 Å². The minimum atomic E-state index is -4.12. The van der Waals surface area contributed by atoms with Crippen LogP contribution in [0.3, 0.4) is 0 Å². The summed E-state index contributed by atoms with van der Waals surface area (Å²) < 4.78 is 28.1. The first kappa shape index (κ1) is 19.7. The van der Waals surface area contributed by atoms with E-state index in [1.54, 1.807) is 29.0 Å². The molecule has 3 heterocycles. The maximum atomic E-state index is 11.0.